The van der Waals surface area contributed by atoms with Crippen molar-refractivity contribution in [3.8, 4) is 29.6 Å². The highest BCUT2D eigenvalue weighted by molar-refractivity contribution is 6.03. The number of nitrogens with one attached hydrogen (secondary N) is 1. The fourth-order valence-electron chi connectivity index (χ4n) is 13.8. The number of likely N-dealkylation sites (tertiary alicyclic amines) is 1. The average molecular weight is 1080 g/mol. The lowest BCUT2D eigenvalue weighted by Crippen LogP contribution is -2.43. The monoisotopic (exact) mass is 1080 g/mol. The van der Waals surface area contributed by atoms with E-state index in [0.29, 0.717) is 71.8 Å². The zero-order valence-electron chi connectivity index (χ0n) is 46.1. The van der Waals surface area contributed by atoms with E-state index in [4.69, 9.17) is 40.7 Å². The number of fused-ring (bicyclic) bond motifs is 5. The topological polar surface area (TPSA) is 143 Å². The minimum atomic E-state index is -0.585. The number of anilines is 2. The Hall–Kier alpha value is -6.90. The van der Waals surface area contributed by atoms with E-state index in [-0.39, 0.29) is 52.3 Å². The van der Waals surface area contributed by atoms with Crippen LogP contribution in [0.3, 0.4) is 0 Å². The largest absolute Gasteiger partial charge is 0.461 e. The predicted molar refractivity (Wildman–Crippen MR) is 304 cm³/mol. The number of aryl methyl sites for hydroxylation is 2. The maximum atomic E-state index is 16.9. The van der Waals surface area contributed by atoms with Crippen molar-refractivity contribution in [2.45, 2.75) is 107 Å². The normalized spacial score (nSPS) is 19.9. The van der Waals surface area contributed by atoms with E-state index in [2.05, 4.69) is 50.7 Å². The summed E-state index contributed by atoms with van der Waals surface area (Å²) in [7, 11) is 5.10. The molecule has 0 bridgehead atoms. The third-order valence-electron chi connectivity index (χ3n) is 18.0. The Labute approximate surface area is 462 Å². The van der Waals surface area contributed by atoms with Crippen molar-refractivity contribution in [2.75, 3.05) is 89.6 Å². The summed E-state index contributed by atoms with van der Waals surface area (Å²) in [5, 5.41) is 10.4. The molecule has 17 heteroatoms. The standard InChI is InChI=1S/C34H33F2N5O2.C28H41N5O3/c1-2-23-25(35)11-9-21-7-3-8-24(27(21)23)30-29(36)31-28-26(37-30)12-10-22-19-42-18-6-17-41(22)32(28)39-33(38-31)43-20-34-13-4-15-40(34)16-5-14-34;1-5-6-7-24(27(34)29-2)26-23-9-8-22(19-25(23)31(3)30-26)32-14-10-20(11-15-32)18-21-12-16-33(17-13-21)28(35)36-4/h1,3,7-9,11,22H,4-6,10,12-20H2;5,8-9,19-21,24H,1,6-7,10-18H2,2-4H3,(H,29,34). The van der Waals surface area contributed by atoms with Gasteiger partial charge >= 0.3 is 12.1 Å². The molecule has 0 saturated carbocycles. The quantitative estimate of drug-likeness (QED) is 0.0921. The first kappa shape index (κ1) is 54.1. The molecular weight excluding hydrogens is 1000 g/mol. The summed E-state index contributed by atoms with van der Waals surface area (Å²) in [6.07, 6.45) is 21.4. The Morgan fingerprint density at radius 3 is 2.46 bits per heavy atom. The Morgan fingerprint density at radius 2 is 1.72 bits per heavy atom. The van der Waals surface area contributed by atoms with Gasteiger partial charge in [0.1, 0.15) is 29.5 Å². The van der Waals surface area contributed by atoms with Crippen molar-refractivity contribution < 1.29 is 32.6 Å². The highest BCUT2D eigenvalue weighted by atomic mass is 19.1. The molecule has 2 unspecified atom stereocenters. The number of hydrogen-bond acceptors (Lipinski definition) is 12. The first-order chi connectivity index (χ1) is 38.5. The van der Waals surface area contributed by atoms with Crippen LogP contribution in [0.5, 0.6) is 6.01 Å². The average Bonchev–Trinajstić information content (AvgIpc) is 4.22. The SMILES string of the molecule is C#Cc1c(F)ccc2cccc(-c3nc4c5c(nc(OCC67CCCN6CCC7)nc5c3F)N3CCCOCC3CC4)c12.C=CCCC(C(=O)NC)c1nn(C)c2cc(N3CCC(CC4CCN(C(=O)OC)CC4)CC3)ccc12. The van der Waals surface area contributed by atoms with Gasteiger partial charge in [0.05, 0.1) is 59.1 Å². The van der Waals surface area contributed by atoms with E-state index < -0.39 is 11.6 Å². The molecule has 0 radical (unpaired) electrons. The Bertz CT molecular complexity index is 3280. The molecule has 0 spiro atoms. The Morgan fingerprint density at radius 1 is 0.949 bits per heavy atom. The molecule has 6 aliphatic rings. The van der Waals surface area contributed by atoms with E-state index >= 15 is 4.39 Å². The van der Waals surface area contributed by atoms with Crippen LogP contribution < -0.4 is 19.9 Å². The van der Waals surface area contributed by atoms with Crippen LogP contribution in [0.25, 0.3) is 43.8 Å². The van der Waals surface area contributed by atoms with Crippen molar-refractivity contribution in [1.82, 2.24) is 39.8 Å². The molecule has 6 aliphatic heterocycles. The number of rotatable bonds is 12. The molecule has 15 nitrogen and oxygen atoms in total. The number of terminal acetylenes is 1. The number of pyridine rings is 1. The lowest BCUT2D eigenvalue weighted by atomic mass is 9.83. The van der Waals surface area contributed by atoms with Crippen LogP contribution in [0.15, 0.2) is 61.2 Å². The van der Waals surface area contributed by atoms with Gasteiger partial charge in [-0.15, -0.1) is 13.0 Å². The summed E-state index contributed by atoms with van der Waals surface area (Å²) in [5.74, 6) is 3.20. The van der Waals surface area contributed by atoms with Crippen molar-refractivity contribution >= 4 is 56.1 Å². The summed E-state index contributed by atoms with van der Waals surface area (Å²) >= 11 is 0. The number of nitrogens with zero attached hydrogens (tertiary/aromatic N) is 9. The molecule has 12 rings (SSSR count). The van der Waals surface area contributed by atoms with Crippen molar-refractivity contribution in [3.05, 3.63) is 89.8 Å². The molecule has 6 aromatic rings. The van der Waals surface area contributed by atoms with Gasteiger partial charge in [0.2, 0.25) is 5.91 Å². The second-order valence-corrected chi connectivity index (χ2v) is 22.6. The van der Waals surface area contributed by atoms with Gasteiger partial charge in [0.25, 0.3) is 0 Å². The summed E-state index contributed by atoms with van der Waals surface area (Å²) in [4.78, 5) is 48.0. The zero-order valence-corrected chi connectivity index (χ0v) is 46.1. The number of benzene rings is 3. The molecule has 5 fully saturated rings. The van der Waals surface area contributed by atoms with Crippen LogP contribution in [0.4, 0.5) is 25.1 Å². The van der Waals surface area contributed by atoms with Crippen LogP contribution in [0.1, 0.15) is 106 Å². The third kappa shape index (κ3) is 10.7. The molecule has 3 aromatic carbocycles. The van der Waals surface area contributed by atoms with Gasteiger partial charge in [-0.05, 0) is 144 Å². The second kappa shape index (κ2) is 23.4. The van der Waals surface area contributed by atoms with E-state index in [9.17, 15) is 14.0 Å². The van der Waals surface area contributed by atoms with E-state index in [0.717, 1.165) is 126 Å². The number of ether oxygens (including phenoxy) is 3. The molecule has 3 aromatic heterocycles. The van der Waals surface area contributed by atoms with Crippen molar-refractivity contribution in [3.63, 3.8) is 0 Å². The molecule has 9 heterocycles. The summed E-state index contributed by atoms with van der Waals surface area (Å²) < 4.78 is 50.9. The molecule has 0 aliphatic carbocycles. The third-order valence-corrected chi connectivity index (χ3v) is 18.0. The van der Waals surface area contributed by atoms with Crippen LogP contribution in [0, 0.1) is 35.8 Å². The highest BCUT2D eigenvalue weighted by Crippen LogP contribution is 2.43. The van der Waals surface area contributed by atoms with E-state index in [1.54, 1.807) is 19.2 Å². The first-order valence-corrected chi connectivity index (χ1v) is 28.7. The number of carbonyl (C=O) groups is 2. The fourth-order valence-corrected chi connectivity index (χ4v) is 13.8. The summed E-state index contributed by atoms with van der Waals surface area (Å²) in [6.45, 7) is 12.2. The maximum Gasteiger partial charge on any atom is 0.409 e. The molecular formula is C62H74F2N10O5. The molecule has 416 valence electrons. The first-order valence-electron chi connectivity index (χ1n) is 28.7. The minimum Gasteiger partial charge on any atom is -0.461 e. The van der Waals surface area contributed by atoms with Crippen LogP contribution in [0.2, 0.25) is 0 Å². The fraction of sp³-hybridized carbons (Fsp3) is 0.516. The van der Waals surface area contributed by atoms with Gasteiger partial charge in [0, 0.05) is 75.4 Å². The summed E-state index contributed by atoms with van der Waals surface area (Å²) in [6, 6.07) is 15.2. The number of aromatic nitrogens is 5. The van der Waals surface area contributed by atoms with Gasteiger partial charge in [0.15, 0.2) is 5.82 Å². The molecule has 1 N–H and O–H groups in total. The molecule has 2 atom stereocenters. The predicted octanol–water partition coefficient (Wildman–Crippen LogP) is 10.1. The number of carbonyl (C=O) groups excluding carboxylic acids is 2. The van der Waals surface area contributed by atoms with Crippen LogP contribution >= 0.6 is 0 Å². The van der Waals surface area contributed by atoms with Gasteiger partial charge < -0.3 is 34.2 Å². The number of methoxy groups -OCH3 is 1. The van der Waals surface area contributed by atoms with Gasteiger partial charge in [-0.2, -0.15) is 15.1 Å². The van der Waals surface area contributed by atoms with Crippen molar-refractivity contribution in [1.29, 1.82) is 0 Å². The number of hydrogen-bond donors (Lipinski definition) is 1. The minimum absolute atomic E-state index is 0.000954. The number of piperidine rings is 2. The number of likely N-dealkylation sites (N-methyl/N-ethyl adjacent to an activating group) is 1. The van der Waals surface area contributed by atoms with Crippen LogP contribution in [-0.2, 0) is 27.7 Å². The number of allylic oxidation sites excluding steroid dienone is 1. The van der Waals surface area contributed by atoms with Gasteiger partial charge in [-0.1, -0.05) is 36.3 Å². The zero-order chi connectivity index (χ0) is 54.8. The number of amides is 2. The van der Waals surface area contributed by atoms with Crippen LogP contribution in [-0.4, -0.2) is 138 Å². The smallest absolute Gasteiger partial charge is 0.409 e. The molecule has 79 heavy (non-hydrogen) atoms. The second-order valence-electron chi connectivity index (χ2n) is 22.6. The highest BCUT2D eigenvalue weighted by Gasteiger charge is 2.45. The Balaban J connectivity index is 0.000000170. The van der Waals surface area contributed by atoms with Crippen molar-refractivity contribution in [2.24, 2.45) is 18.9 Å². The summed E-state index contributed by atoms with van der Waals surface area (Å²) in [5.41, 5.74) is 4.66. The maximum absolute atomic E-state index is 16.9. The van der Waals surface area contributed by atoms with Gasteiger partial charge in [-0.25, -0.2) is 18.6 Å². The Kier molecular flexibility index (Phi) is 16.0. The van der Waals surface area contributed by atoms with Gasteiger partial charge in [-0.3, -0.25) is 14.4 Å². The van der Waals surface area contributed by atoms with E-state index in [1.807, 2.05) is 34.8 Å². The van der Waals surface area contributed by atoms with E-state index in [1.165, 1.54) is 38.1 Å². The molecule has 2 amide bonds. The molecule has 5 saturated heterocycles. The number of halogens is 2. The lowest BCUT2D eigenvalue weighted by Gasteiger charge is -2.37. The lowest BCUT2D eigenvalue weighted by molar-refractivity contribution is -0.122.